The SMILES string of the molecule is O=C(CCC(=O)OCCC(=O)c1ccccc1)OCCC(=O)c1ccccc1. The third kappa shape index (κ3) is 7.53. The molecule has 0 saturated carbocycles. The largest absolute Gasteiger partial charge is 0.465 e. The van der Waals surface area contributed by atoms with E-state index in [0.717, 1.165) is 0 Å². The van der Waals surface area contributed by atoms with E-state index >= 15 is 0 Å². The molecule has 0 saturated heterocycles. The van der Waals surface area contributed by atoms with Gasteiger partial charge in [-0.15, -0.1) is 0 Å². The molecule has 0 amide bonds. The van der Waals surface area contributed by atoms with Crippen molar-refractivity contribution in [2.45, 2.75) is 25.7 Å². The van der Waals surface area contributed by atoms with E-state index in [1.165, 1.54) is 0 Å². The Bertz CT molecular complexity index is 729. The van der Waals surface area contributed by atoms with Gasteiger partial charge in [-0.25, -0.2) is 0 Å². The lowest BCUT2D eigenvalue weighted by atomic mass is 10.1. The third-order valence-electron chi connectivity index (χ3n) is 3.91. The van der Waals surface area contributed by atoms with E-state index in [4.69, 9.17) is 9.47 Å². The van der Waals surface area contributed by atoms with Gasteiger partial charge in [-0.2, -0.15) is 0 Å². The van der Waals surface area contributed by atoms with Gasteiger partial charge in [0, 0.05) is 24.0 Å². The summed E-state index contributed by atoms with van der Waals surface area (Å²) >= 11 is 0. The quantitative estimate of drug-likeness (QED) is 0.437. The molecule has 0 aliphatic heterocycles. The van der Waals surface area contributed by atoms with Crippen molar-refractivity contribution in [3.63, 3.8) is 0 Å². The molecule has 0 radical (unpaired) electrons. The first kappa shape index (κ1) is 21.0. The number of Topliss-reactive ketones (excluding diaryl/α,β-unsaturated/α-hetero) is 2. The van der Waals surface area contributed by atoms with Crippen molar-refractivity contribution in [2.75, 3.05) is 13.2 Å². The van der Waals surface area contributed by atoms with Gasteiger partial charge in [-0.3, -0.25) is 19.2 Å². The lowest BCUT2D eigenvalue weighted by Crippen LogP contribution is -2.14. The van der Waals surface area contributed by atoms with Crippen LogP contribution in [0.4, 0.5) is 0 Å². The minimum Gasteiger partial charge on any atom is -0.465 e. The molecule has 2 aromatic carbocycles. The maximum atomic E-state index is 11.9. The molecule has 0 aliphatic carbocycles. The van der Waals surface area contributed by atoms with Gasteiger partial charge in [0.25, 0.3) is 0 Å². The Kier molecular flexibility index (Phi) is 8.59. The molecule has 0 spiro atoms. The van der Waals surface area contributed by atoms with E-state index in [1.54, 1.807) is 48.5 Å². The van der Waals surface area contributed by atoms with Gasteiger partial charge in [0.05, 0.1) is 26.1 Å². The van der Waals surface area contributed by atoms with Gasteiger partial charge in [-0.05, 0) is 0 Å². The first-order chi connectivity index (χ1) is 13.6. The van der Waals surface area contributed by atoms with Crippen LogP contribution < -0.4 is 0 Å². The number of hydrogen-bond donors (Lipinski definition) is 0. The van der Waals surface area contributed by atoms with Gasteiger partial charge >= 0.3 is 11.9 Å². The fraction of sp³-hybridized carbons (Fsp3) is 0.273. The summed E-state index contributed by atoms with van der Waals surface area (Å²) < 4.78 is 9.93. The van der Waals surface area contributed by atoms with Crippen molar-refractivity contribution in [1.29, 1.82) is 0 Å². The first-order valence-electron chi connectivity index (χ1n) is 9.04. The maximum Gasteiger partial charge on any atom is 0.306 e. The summed E-state index contributed by atoms with van der Waals surface area (Å²) in [6.45, 7) is -0.0691. The number of ether oxygens (including phenoxy) is 2. The van der Waals surface area contributed by atoms with Crippen LogP contribution >= 0.6 is 0 Å². The van der Waals surface area contributed by atoms with Crippen LogP contribution in [0.25, 0.3) is 0 Å². The van der Waals surface area contributed by atoms with Crippen molar-refractivity contribution in [2.24, 2.45) is 0 Å². The van der Waals surface area contributed by atoms with Crippen LogP contribution in [-0.2, 0) is 19.1 Å². The number of ketones is 2. The summed E-state index contributed by atoms with van der Waals surface area (Å²) in [5.74, 6) is -1.37. The Balaban J connectivity index is 1.56. The Morgan fingerprint density at radius 2 is 0.893 bits per heavy atom. The minimum atomic E-state index is -0.571. The van der Waals surface area contributed by atoms with E-state index < -0.39 is 11.9 Å². The van der Waals surface area contributed by atoms with Gasteiger partial charge in [0.1, 0.15) is 0 Å². The smallest absolute Gasteiger partial charge is 0.306 e. The van der Waals surface area contributed by atoms with Crippen LogP contribution in [0.3, 0.4) is 0 Å². The zero-order valence-corrected chi connectivity index (χ0v) is 15.5. The summed E-state index contributed by atoms with van der Waals surface area (Å²) in [4.78, 5) is 47.0. The van der Waals surface area contributed by atoms with E-state index in [0.29, 0.717) is 11.1 Å². The molecule has 0 atom stereocenters. The highest BCUT2D eigenvalue weighted by atomic mass is 16.5. The molecule has 146 valence electrons. The van der Waals surface area contributed by atoms with Crippen LogP contribution in [-0.4, -0.2) is 36.7 Å². The van der Waals surface area contributed by atoms with Gasteiger partial charge < -0.3 is 9.47 Å². The Hall–Kier alpha value is -3.28. The number of benzene rings is 2. The van der Waals surface area contributed by atoms with Gasteiger partial charge in [0.15, 0.2) is 11.6 Å². The molecule has 6 heteroatoms. The topological polar surface area (TPSA) is 86.7 Å². The summed E-state index contributed by atoms with van der Waals surface area (Å²) in [6.07, 6.45) is -0.0976. The van der Waals surface area contributed by atoms with E-state index in [9.17, 15) is 19.2 Å². The molecule has 2 rings (SSSR count). The monoisotopic (exact) mass is 382 g/mol. The van der Waals surface area contributed by atoms with Crippen molar-refractivity contribution in [1.82, 2.24) is 0 Å². The Morgan fingerprint density at radius 1 is 0.536 bits per heavy atom. The molecule has 2 aromatic rings. The summed E-state index contributed by atoms with van der Waals surface area (Å²) in [6, 6.07) is 17.5. The van der Waals surface area contributed by atoms with Crippen molar-refractivity contribution < 1.29 is 28.7 Å². The van der Waals surface area contributed by atoms with Crippen LogP contribution in [0.1, 0.15) is 46.4 Å². The first-order valence-corrected chi connectivity index (χ1v) is 9.04. The lowest BCUT2D eigenvalue weighted by Gasteiger charge is -2.06. The van der Waals surface area contributed by atoms with E-state index in [2.05, 4.69) is 0 Å². The highest BCUT2D eigenvalue weighted by Crippen LogP contribution is 2.05. The van der Waals surface area contributed by atoms with Crippen molar-refractivity contribution >= 4 is 23.5 Å². The predicted octanol–water partition coefficient (Wildman–Crippen LogP) is 3.40. The average molecular weight is 382 g/mol. The van der Waals surface area contributed by atoms with Crippen LogP contribution in [0, 0.1) is 0 Å². The number of carbonyl (C=O) groups excluding carboxylic acids is 4. The minimum absolute atomic E-state index is 0.0345. The second-order valence-electron chi connectivity index (χ2n) is 6.02. The molecule has 0 N–H and O–H groups in total. The molecule has 0 aliphatic rings. The molecule has 0 bridgehead atoms. The van der Waals surface area contributed by atoms with Crippen LogP contribution in [0.2, 0.25) is 0 Å². The zero-order valence-electron chi connectivity index (χ0n) is 15.5. The standard InChI is InChI=1S/C22H22O6/c23-19(17-7-3-1-4-8-17)13-15-27-21(25)11-12-22(26)28-16-14-20(24)18-9-5-2-6-10-18/h1-10H,11-16H2. The molecule has 0 heterocycles. The molecular weight excluding hydrogens is 360 g/mol. The molecule has 0 aromatic heterocycles. The van der Waals surface area contributed by atoms with E-state index in [1.807, 2.05) is 12.1 Å². The van der Waals surface area contributed by atoms with Crippen LogP contribution in [0.15, 0.2) is 60.7 Å². The number of esters is 2. The number of rotatable bonds is 11. The van der Waals surface area contributed by atoms with Crippen molar-refractivity contribution in [3.05, 3.63) is 71.8 Å². The van der Waals surface area contributed by atoms with Gasteiger partial charge in [-0.1, -0.05) is 60.7 Å². The zero-order chi connectivity index (χ0) is 20.2. The highest BCUT2D eigenvalue weighted by Gasteiger charge is 2.12. The molecule has 0 fully saturated rings. The molecular formula is C22H22O6. The van der Waals surface area contributed by atoms with Crippen LogP contribution in [0.5, 0.6) is 0 Å². The summed E-state index contributed by atoms with van der Waals surface area (Å²) in [5, 5.41) is 0. The number of carbonyl (C=O) groups is 4. The fourth-order valence-corrected chi connectivity index (χ4v) is 2.40. The summed E-state index contributed by atoms with van der Waals surface area (Å²) in [7, 11) is 0. The molecule has 28 heavy (non-hydrogen) atoms. The Labute approximate surface area is 163 Å². The highest BCUT2D eigenvalue weighted by molar-refractivity contribution is 5.96. The molecule has 6 nitrogen and oxygen atoms in total. The van der Waals surface area contributed by atoms with Crippen molar-refractivity contribution in [3.8, 4) is 0 Å². The normalized spacial score (nSPS) is 10.1. The maximum absolute atomic E-state index is 11.9. The second kappa shape index (κ2) is 11.4. The fourth-order valence-electron chi connectivity index (χ4n) is 2.40. The predicted molar refractivity (Wildman–Crippen MR) is 102 cm³/mol. The third-order valence-corrected chi connectivity index (χ3v) is 3.91. The van der Waals surface area contributed by atoms with Gasteiger partial charge in [0.2, 0.25) is 0 Å². The summed E-state index contributed by atoms with van der Waals surface area (Å²) in [5.41, 5.74) is 1.12. The van der Waals surface area contributed by atoms with E-state index in [-0.39, 0.29) is 50.5 Å². The average Bonchev–Trinajstić information content (AvgIpc) is 2.73. The Morgan fingerprint density at radius 3 is 1.25 bits per heavy atom. The number of hydrogen-bond acceptors (Lipinski definition) is 6. The molecule has 0 unspecified atom stereocenters. The second-order valence-corrected chi connectivity index (χ2v) is 6.02. The lowest BCUT2D eigenvalue weighted by molar-refractivity contribution is -0.150.